The lowest BCUT2D eigenvalue weighted by atomic mass is 9.95. The predicted octanol–water partition coefficient (Wildman–Crippen LogP) is 3.74. The van der Waals surface area contributed by atoms with Crippen LogP contribution in [0, 0.1) is 5.82 Å². The molecular weight excluding hydrogens is 507 g/mol. The molecular formula is C28H39FN4O4S. The van der Waals surface area contributed by atoms with E-state index < -0.39 is 34.5 Å². The molecule has 0 aliphatic heterocycles. The van der Waals surface area contributed by atoms with Crippen molar-refractivity contribution in [3.05, 3.63) is 66.0 Å². The average Bonchev–Trinajstić information content (AvgIpc) is 2.91. The third-order valence-electron chi connectivity index (χ3n) is 6.96. The first kappa shape index (κ1) is 29.6. The molecule has 2 aromatic rings. The maximum atomic E-state index is 13.8. The Labute approximate surface area is 226 Å². The van der Waals surface area contributed by atoms with Gasteiger partial charge in [-0.05, 0) is 55.5 Å². The van der Waals surface area contributed by atoms with Crippen molar-refractivity contribution in [3.63, 3.8) is 0 Å². The quantitative estimate of drug-likeness (QED) is 0.439. The predicted molar refractivity (Wildman–Crippen MR) is 147 cm³/mol. The van der Waals surface area contributed by atoms with Gasteiger partial charge in [0.05, 0.1) is 5.69 Å². The zero-order valence-corrected chi connectivity index (χ0v) is 23.3. The molecule has 38 heavy (non-hydrogen) atoms. The van der Waals surface area contributed by atoms with Crippen molar-refractivity contribution in [2.75, 3.05) is 31.5 Å². The number of carbonyl (C=O) groups excluding carboxylic acids is 2. The van der Waals surface area contributed by atoms with Gasteiger partial charge in [-0.15, -0.1) is 0 Å². The normalized spacial score (nSPS) is 15.2. The Kier molecular flexibility index (Phi) is 10.7. The Balaban J connectivity index is 1.89. The number of hydrogen-bond acceptors (Lipinski definition) is 4. The SMILES string of the molecule is CC[C@@H](C(=O)NC1CCCCC1)N(CCc1ccccc1)C(=O)CN(c1ccc(F)cc1)S(=O)(=O)N(C)C. The van der Waals surface area contributed by atoms with E-state index in [0.717, 1.165) is 58.4 Å². The molecule has 0 unspecified atom stereocenters. The van der Waals surface area contributed by atoms with Crippen LogP contribution in [-0.2, 0) is 26.2 Å². The third-order valence-corrected chi connectivity index (χ3v) is 8.77. The molecule has 8 nitrogen and oxygen atoms in total. The topological polar surface area (TPSA) is 90.0 Å². The minimum Gasteiger partial charge on any atom is -0.352 e. The van der Waals surface area contributed by atoms with E-state index in [-0.39, 0.29) is 24.2 Å². The number of nitrogens with one attached hydrogen (secondary N) is 1. The first-order chi connectivity index (χ1) is 18.1. The molecule has 1 fully saturated rings. The van der Waals surface area contributed by atoms with Crippen LogP contribution in [0.2, 0.25) is 0 Å². The Morgan fingerprint density at radius 2 is 1.63 bits per heavy atom. The molecule has 0 spiro atoms. The summed E-state index contributed by atoms with van der Waals surface area (Å²) in [6.45, 7) is 1.58. The van der Waals surface area contributed by atoms with Crippen molar-refractivity contribution in [1.82, 2.24) is 14.5 Å². The first-order valence-electron chi connectivity index (χ1n) is 13.2. The number of hydrogen-bond donors (Lipinski definition) is 1. The highest BCUT2D eigenvalue weighted by molar-refractivity contribution is 7.90. The largest absolute Gasteiger partial charge is 0.352 e. The molecule has 1 aliphatic carbocycles. The molecule has 1 N–H and O–H groups in total. The standard InChI is InChI=1S/C28H39FN4O4S/c1-4-26(28(35)30-24-13-9-6-10-14-24)32(20-19-22-11-7-5-8-12-22)27(34)21-33(38(36,37)31(2)3)25-17-15-23(29)16-18-25/h5,7-8,11-12,15-18,24,26H,4,6,9-10,13-14,19-21H2,1-3H3,(H,30,35)/t26-/m0/s1. The van der Waals surface area contributed by atoms with Crippen LogP contribution >= 0.6 is 0 Å². The molecule has 2 aromatic carbocycles. The monoisotopic (exact) mass is 546 g/mol. The number of carbonyl (C=O) groups is 2. The van der Waals surface area contributed by atoms with E-state index in [1.54, 1.807) is 0 Å². The Morgan fingerprint density at radius 3 is 2.21 bits per heavy atom. The molecule has 0 saturated heterocycles. The van der Waals surface area contributed by atoms with E-state index in [0.29, 0.717) is 12.8 Å². The van der Waals surface area contributed by atoms with Gasteiger partial charge in [0, 0.05) is 26.7 Å². The maximum absolute atomic E-state index is 13.8. The summed E-state index contributed by atoms with van der Waals surface area (Å²) in [5.74, 6) is -1.23. The zero-order chi connectivity index (χ0) is 27.7. The molecule has 0 heterocycles. The summed E-state index contributed by atoms with van der Waals surface area (Å²) in [4.78, 5) is 28.7. The fourth-order valence-corrected chi connectivity index (χ4v) is 5.82. The number of anilines is 1. The summed E-state index contributed by atoms with van der Waals surface area (Å²) in [5, 5.41) is 3.13. The van der Waals surface area contributed by atoms with Crippen LogP contribution in [-0.4, -0.2) is 68.7 Å². The van der Waals surface area contributed by atoms with Gasteiger partial charge in [-0.2, -0.15) is 12.7 Å². The van der Waals surface area contributed by atoms with Gasteiger partial charge in [-0.25, -0.2) is 8.70 Å². The van der Waals surface area contributed by atoms with Crippen molar-refractivity contribution >= 4 is 27.7 Å². The van der Waals surface area contributed by atoms with Crippen molar-refractivity contribution in [2.24, 2.45) is 0 Å². The highest BCUT2D eigenvalue weighted by atomic mass is 32.2. The van der Waals surface area contributed by atoms with E-state index in [4.69, 9.17) is 0 Å². The van der Waals surface area contributed by atoms with Crippen LogP contribution in [0.1, 0.15) is 51.0 Å². The molecule has 1 aliphatic rings. The van der Waals surface area contributed by atoms with Gasteiger partial charge in [-0.3, -0.25) is 9.59 Å². The Bertz CT molecular complexity index is 1150. The van der Waals surface area contributed by atoms with Gasteiger partial charge in [-0.1, -0.05) is 56.5 Å². The van der Waals surface area contributed by atoms with Crippen LogP contribution < -0.4 is 9.62 Å². The van der Waals surface area contributed by atoms with E-state index in [1.807, 2.05) is 37.3 Å². The summed E-state index contributed by atoms with van der Waals surface area (Å²) < 4.78 is 41.9. The molecule has 1 atom stereocenters. The van der Waals surface area contributed by atoms with Crippen LogP contribution in [0.25, 0.3) is 0 Å². The summed E-state index contributed by atoms with van der Waals surface area (Å²) in [5.41, 5.74) is 1.17. The van der Waals surface area contributed by atoms with Crippen molar-refractivity contribution < 1.29 is 22.4 Å². The van der Waals surface area contributed by atoms with Crippen LogP contribution in [0.3, 0.4) is 0 Å². The molecule has 2 amide bonds. The van der Waals surface area contributed by atoms with Gasteiger partial charge in [0.2, 0.25) is 11.8 Å². The molecule has 1 saturated carbocycles. The summed E-state index contributed by atoms with van der Waals surface area (Å²) >= 11 is 0. The minimum absolute atomic E-state index is 0.0845. The van der Waals surface area contributed by atoms with Crippen LogP contribution in [0.5, 0.6) is 0 Å². The lowest BCUT2D eigenvalue weighted by molar-refractivity contribution is -0.140. The lowest BCUT2D eigenvalue weighted by Gasteiger charge is -2.35. The number of rotatable bonds is 12. The number of benzene rings is 2. The number of halogens is 1. The fraction of sp³-hybridized carbons (Fsp3) is 0.500. The Hall–Kier alpha value is -2.98. The molecule has 10 heteroatoms. The van der Waals surface area contributed by atoms with Gasteiger partial charge < -0.3 is 10.2 Å². The Morgan fingerprint density at radius 1 is 1.00 bits per heavy atom. The third kappa shape index (κ3) is 7.77. The van der Waals surface area contributed by atoms with E-state index >= 15 is 0 Å². The second kappa shape index (κ2) is 13.7. The summed E-state index contributed by atoms with van der Waals surface area (Å²) in [6, 6.07) is 13.9. The lowest BCUT2D eigenvalue weighted by Crippen LogP contribution is -2.55. The van der Waals surface area contributed by atoms with Gasteiger partial charge in [0.15, 0.2) is 0 Å². The summed E-state index contributed by atoms with van der Waals surface area (Å²) in [6.07, 6.45) is 6.01. The number of nitrogens with zero attached hydrogens (tertiary/aromatic N) is 3. The van der Waals surface area contributed by atoms with E-state index in [9.17, 15) is 22.4 Å². The van der Waals surface area contributed by atoms with Crippen LogP contribution in [0.15, 0.2) is 54.6 Å². The molecule has 0 radical (unpaired) electrons. The number of amides is 2. The van der Waals surface area contributed by atoms with Gasteiger partial charge in [0.1, 0.15) is 18.4 Å². The molecule has 0 bridgehead atoms. The van der Waals surface area contributed by atoms with Crippen molar-refractivity contribution in [2.45, 2.75) is 64.0 Å². The van der Waals surface area contributed by atoms with Crippen molar-refractivity contribution in [1.29, 1.82) is 0 Å². The van der Waals surface area contributed by atoms with Crippen LogP contribution in [0.4, 0.5) is 10.1 Å². The second-order valence-electron chi connectivity index (χ2n) is 9.86. The zero-order valence-electron chi connectivity index (χ0n) is 22.5. The molecule has 208 valence electrons. The fourth-order valence-electron chi connectivity index (χ4n) is 4.76. The maximum Gasteiger partial charge on any atom is 0.304 e. The minimum atomic E-state index is -4.08. The second-order valence-corrected chi connectivity index (χ2v) is 11.9. The summed E-state index contributed by atoms with van der Waals surface area (Å²) in [7, 11) is -1.34. The van der Waals surface area contributed by atoms with E-state index in [1.165, 1.54) is 31.1 Å². The molecule has 0 aromatic heterocycles. The van der Waals surface area contributed by atoms with Gasteiger partial charge >= 0.3 is 10.2 Å². The van der Waals surface area contributed by atoms with E-state index in [2.05, 4.69) is 5.32 Å². The van der Waals surface area contributed by atoms with Crippen molar-refractivity contribution in [3.8, 4) is 0 Å². The highest BCUT2D eigenvalue weighted by Gasteiger charge is 2.34. The average molecular weight is 547 g/mol. The highest BCUT2D eigenvalue weighted by Crippen LogP contribution is 2.22. The smallest absolute Gasteiger partial charge is 0.304 e. The molecule has 3 rings (SSSR count). The van der Waals surface area contributed by atoms with Gasteiger partial charge in [0.25, 0.3) is 0 Å². The first-order valence-corrected chi connectivity index (χ1v) is 14.6.